The molecule has 0 saturated carbocycles. The third kappa shape index (κ3) is 3.16. The molecule has 5 nitrogen and oxygen atoms in total. The Hall–Kier alpha value is -1.22. The lowest BCUT2D eigenvalue weighted by Gasteiger charge is -2.13. The van der Waals surface area contributed by atoms with Crippen LogP contribution in [0.1, 0.15) is 29.3 Å². The summed E-state index contributed by atoms with van der Waals surface area (Å²) in [5.74, 6) is -0.443. The minimum absolute atomic E-state index is 0.443. The highest BCUT2D eigenvalue weighted by atomic mass is 32.2. The van der Waals surface area contributed by atoms with E-state index < -0.39 is 45.0 Å². The minimum atomic E-state index is -4.77. The van der Waals surface area contributed by atoms with Crippen LogP contribution in [0.5, 0.6) is 0 Å². The second-order valence-corrected chi connectivity index (χ2v) is 6.10. The molecule has 0 saturated heterocycles. The summed E-state index contributed by atoms with van der Waals surface area (Å²) >= 11 is 0. The lowest BCUT2D eigenvalue weighted by molar-refractivity contribution is -0.142. The van der Waals surface area contributed by atoms with Gasteiger partial charge in [0.15, 0.2) is 15.5 Å². The number of nitrogens with zero attached hydrogens (tertiary/aromatic N) is 2. The van der Waals surface area contributed by atoms with E-state index in [2.05, 4.69) is 9.97 Å². The molecular formula is C9H11F3N2O3S. The van der Waals surface area contributed by atoms with E-state index >= 15 is 0 Å². The highest BCUT2D eigenvalue weighted by Gasteiger charge is 2.36. The van der Waals surface area contributed by atoms with Crippen LogP contribution in [0.3, 0.4) is 0 Å². The molecule has 0 aliphatic rings. The van der Waals surface area contributed by atoms with Gasteiger partial charge < -0.3 is 5.11 Å². The summed E-state index contributed by atoms with van der Waals surface area (Å²) in [7, 11) is -3.59. The van der Waals surface area contributed by atoms with Crippen LogP contribution in [-0.4, -0.2) is 29.7 Å². The van der Waals surface area contributed by atoms with Crippen LogP contribution in [0, 0.1) is 0 Å². The molecule has 1 heterocycles. The molecular weight excluding hydrogens is 273 g/mol. The first kappa shape index (κ1) is 14.8. The largest absolute Gasteiger partial charge is 0.433 e. The first-order valence-electron chi connectivity index (χ1n) is 4.80. The van der Waals surface area contributed by atoms with Crippen LogP contribution < -0.4 is 0 Å². The van der Waals surface area contributed by atoms with E-state index in [0.29, 0.717) is 0 Å². The van der Waals surface area contributed by atoms with Gasteiger partial charge in [-0.1, -0.05) is 0 Å². The van der Waals surface area contributed by atoms with Crippen molar-refractivity contribution in [3.05, 3.63) is 23.3 Å². The zero-order valence-corrected chi connectivity index (χ0v) is 10.4. The Balaban J connectivity index is 3.36. The number of alkyl halides is 3. The average molecular weight is 284 g/mol. The molecule has 0 spiro atoms. The second-order valence-electron chi connectivity index (χ2n) is 3.73. The summed E-state index contributed by atoms with van der Waals surface area (Å²) in [4.78, 5) is 6.75. The minimum Gasteiger partial charge on any atom is -0.392 e. The average Bonchev–Trinajstić information content (AvgIpc) is 2.24. The Morgan fingerprint density at radius 3 is 2.39 bits per heavy atom. The van der Waals surface area contributed by atoms with E-state index in [9.17, 15) is 21.6 Å². The molecule has 0 fully saturated rings. The fourth-order valence-corrected chi connectivity index (χ4v) is 1.67. The number of halogens is 3. The lowest BCUT2D eigenvalue weighted by Crippen LogP contribution is -2.18. The van der Waals surface area contributed by atoms with Gasteiger partial charge in [-0.15, -0.1) is 0 Å². The summed E-state index contributed by atoms with van der Waals surface area (Å²) in [5.41, 5.74) is -1.81. The van der Waals surface area contributed by atoms with Crippen molar-refractivity contribution in [1.82, 2.24) is 9.97 Å². The number of hydrogen-bond acceptors (Lipinski definition) is 5. The maximum Gasteiger partial charge on any atom is 0.433 e. The monoisotopic (exact) mass is 284 g/mol. The summed E-state index contributed by atoms with van der Waals surface area (Å²) in [6.45, 7) is 0.325. The van der Waals surface area contributed by atoms with Crippen LogP contribution in [0.2, 0.25) is 0 Å². The Morgan fingerprint density at radius 2 is 2.00 bits per heavy atom. The molecule has 0 aliphatic heterocycles. The predicted molar refractivity (Wildman–Crippen MR) is 56.2 cm³/mol. The summed E-state index contributed by atoms with van der Waals surface area (Å²) in [6.07, 6.45) is -3.10. The van der Waals surface area contributed by atoms with Crippen LogP contribution in [0.25, 0.3) is 0 Å². The molecule has 0 aliphatic carbocycles. The van der Waals surface area contributed by atoms with E-state index in [4.69, 9.17) is 5.11 Å². The maximum atomic E-state index is 12.6. The maximum absolute atomic E-state index is 12.6. The Labute approximate surface area is 102 Å². The van der Waals surface area contributed by atoms with Crippen molar-refractivity contribution < 1.29 is 26.7 Å². The quantitative estimate of drug-likeness (QED) is 0.898. The van der Waals surface area contributed by atoms with Gasteiger partial charge in [0, 0.05) is 18.0 Å². The van der Waals surface area contributed by atoms with Crippen molar-refractivity contribution in [2.24, 2.45) is 0 Å². The van der Waals surface area contributed by atoms with Crippen LogP contribution >= 0.6 is 0 Å². The van der Waals surface area contributed by atoms with Crippen molar-refractivity contribution in [3.8, 4) is 0 Å². The molecule has 1 N–H and O–H groups in total. The Kier molecular flexibility index (Phi) is 3.96. The summed E-state index contributed by atoms with van der Waals surface area (Å²) in [5, 5.41) is 7.53. The van der Waals surface area contributed by atoms with Crippen molar-refractivity contribution in [3.63, 3.8) is 0 Å². The topological polar surface area (TPSA) is 80.2 Å². The van der Waals surface area contributed by atoms with E-state index in [1.807, 2.05) is 0 Å². The number of aliphatic hydroxyl groups excluding tert-OH is 1. The standard InChI is InChI=1S/C9H11F3N2O3S/c1-5(18(2,16)17)8-13-3-6(4-15)7(14-8)9(10,11)12/h3,5,15H,4H2,1-2H3. The molecule has 0 aromatic carbocycles. The van der Waals surface area contributed by atoms with Crippen molar-refractivity contribution >= 4 is 9.84 Å². The number of aliphatic hydroxyl groups is 1. The van der Waals surface area contributed by atoms with Gasteiger partial charge in [-0.25, -0.2) is 18.4 Å². The molecule has 1 unspecified atom stereocenters. The number of sulfone groups is 1. The lowest BCUT2D eigenvalue weighted by atomic mass is 10.2. The zero-order valence-electron chi connectivity index (χ0n) is 9.56. The third-order valence-corrected chi connectivity index (χ3v) is 3.82. The molecule has 1 aromatic rings. The smallest absolute Gasteiger partial charge is 0.392 e. The van der Waals surface area contributed by atoms with E-state index in [0.717, 1.165) is 12.5 Å². The summed E-state index contributed by atoms with van der Waals surface area (Å²) in [6, 6.07) is 0. The SMILES string of the molecule is CC(c1ncc(CO)c(C(F)(F)F)n1)S(C)(=O)=O. The van der Waals surface area contributed by atoms with E-state index in [1.165, 1.54) is 6.92 Å². The third-order valence-electron chi connectivity index (χ3n) is 2.33. The van der Waals surface area contributed by atoms with Gasteiger partial charge >= 0.3 is 6.18 Å². The second kappa shape index (κ2) is 4.81. The summed E-state index contributed by atoms with van der Waals surface area (Å²) < 4.78 is 60.3. The van der Waals surface area contributed by atoms with Gasteiger partial charge in [0.1, 0.15) is 11.1 Å². The molecule has 1 atom stereocenters. The molecule has 1 aromatic heterocycles. The van der Waals surface area contributed by atoms with Crippen molar-refractivity contribution in [2.75, 3.05) is 6.26 Å². The predicted octanol–water partition coefficient (Wildman–Crippen LogP) is 1.09. The first-order chi connectivity index (χ1) is 8.07. The number of aromatic nitrogens is 2. The number of rotatable bonds is 3. The van der Waals surface area contributed by atoms with Crippen molar-refractivity contribution in [2.45, 2.75) is 25.0 Å². The molecule has 18 heavy (non-hydrogen) atoms. The zero-order chi connectivity index (χ0) is 14.1. The molecule has 9 heteroatoms. The Bertz CT molecular complexity index is 542. The van der Waals surface area contributed by atoms with Crippen molar-refractivity contribution in [1.29, 1.82) is 0 Å². The van der Waals surface area contributed by atoms with E-state index in [-0.39, 0.29) is 0 Å². The van der Waals surface area contributed by atoms with Gasteiger partial charge in [0.25, 0.3) is 0 Å². The van der Waals surface area contributed by atoms with Gasteiger partial charge in [-0.05, 0) is 6.92 Å². The van der Waals surface area contributed by atoms with Crippen LogP contribution in [0.15, 0.2) is 6.20 Å². The van der Waals surface area contributed by atoms with E-state index in [1.54, 1.807) is 0 Å². The Morgan fingerprint density at radius 1 is 1.44 bits per heavy atom. The fourth-order valence-electron chi connectivity index (χ4n) is 1.17. The van der Waals surface area contributed by atoms with Gasteiger partial charge in [-0.2, -0.15) is 13.2 Å². The first-order valence-corrected chi connectivity index (χ1v) is 6.75. The van der Waals surface area contributed by atoms with Gasteiger partial charge in [0.05, 0.1) is 6.61 Å². The number of hydrogen-bond donors (Lipinski definition) is 1. The van der Waals surface area contributed by atoms with Gasteiger partial charge in [-0.3, -0.25) is 0 Å². The molecule has 0 amide bonds. The molecule has 0 bridgehead atoms. The van der Waals surface area contributed by atoms with Gasteiger partial charge in [0.2, 0.25) is 0 Å². The van der Waals surface area contributed by atoms with Crippen LogP contribution in [0.4, 0.5) is 13.2 Å². The molecule has 1 rings (SSSR count). The van der Waals surface area contributed by atoms with Crippen LogP contribution in [-0.2, 0) is 22.6 Å². The molecule has 0 radical (unpaired) electrons. The highest BCUT2D eigenvalue weighted by Crippen LogP contribution is 2.31. The fraction of sp³-hybridized carbons (Fsp3) is 0.556. The molecule has 102 valence electrons. The normalized spacial score (nSPS) is 14.6. The highest BCUT2D eigenvalue weighted by molar-refractivity contribution is 7.90.